The summed E-state index contributed by atoms with van der Waals surface area (Å²) in [4.78, 5) is 19.3. The summed E-state index contributed by atoms with van der Waals surface area (Å²) < 4.78 is 2.04. The number of nitrogens with zero attached hydrogens (tertiary/aromatic N) is 4. The lowest BCUT2D eigenvalue weighted by Gasteiger charge is -2.27. The van der Waals surface area contributed by atoms with Crippen molar-refractivity contribution in [3.63, 3.8) is 0 Å². The minimum Gasteiger partial charge on any atom is -0.303 e. The highest BCUT2D eigenvalue weighted by atomic mass is 32.2. The summed E-state index contributed by atoms with van der Waals surface area (Å²) in [6.07, 6.45) is 4.17. The second-order valence-electron chi connectivity index (χ2n) is 7.44. The van der Waals surface area contributed by atoms with E-state index in [0.29, 0.717) is 18.2 Å². The van der Waals surface area contributed by atoms with Crippen molar-refractivity contribution in [1.82, 2.24) is 14.8 Å². The molecule has 3 heterocycles. The summed E-state index contributed by atoms with van der Waals surface area (Å²) in [6, 6.07) is 5.85. The van der Waals surface area contributed by atoms with Gasteiger partial charge in [0.05, 0.1) is 11.2 Å². The Balaban J connectivity index is 1.71. The zero-order valence-corrected chi connectivity index (χ0v) is 15.1. The number of hydrogen-bond donors (Lipinski definition) is 0. The average molecular weight is 342 g/mol. The highest BCUT2D eigenvalue weighted by Crippen LogP contribution is 2.42. The van der Waals surface area contributed by atoms with Crippen LogP contribution in [0.1, 0.15) is 55.7 Å². The number of aromatic nitrogens is 3. The number of hydrogen-bond acceptors (Lipinski definition) is 4. The molecule has 1 saturated carbocycles. The fourth-order valence-electron chi connectivity index (χ4n) is 3.11. The van der Waals surface area contributed by atoms with E-state index in [-0.39, 0.29) is 11.4 Å². The molecule has 1 fully saturated rings. The van der Waals surface area contributed by atoms with E-state index in [4.69, 9.17) is 0 Å². The van der Waals surface area contributed by atoms with Gasteiger partial charge in [-0.25, -0.2) is 4.98 Å². The Bertz CT molecular complexity index is 789. The van der Waals surface area contributed by atoms with Gasteiger partial charge in [0.2, 0.25) is 0 Å². The molecule has 2 aromatic heterocycles. The van der Waals surface area contributed by atoms with Crippen LogP contribution in [0.15, 0.2) is 29.4 Å². The van der Waals surface area contributed by atoms with Crippen molar-refractivity contribution in [2.75, 3.05) is 17.2 Å². The van der Waals surface area contributed by atoms with Crippen LogP contribution in [0.5, 0.6) is 0 Å². The predicted molar refractivity (Wildman–Crippen MR) is 95.8 cm³/mol. The molecule has 0 saturated heterocycles. The summed E-state index contributed by atoms with van der Waals surface area (Å²) >= 11 is 1.70. The van der Waals surface area contributed by atoms with Crippen molar-refractivity contribution in [1.29, 1.82) is 0 Å². The number of rotatable bonds is 2. The maximum Gasteiger partial charge on any atom is 0.278 e. The monoisotopic (exact) mass is 342 g/mol. The van der Waals surface area contributed by atoms with Crippen LogP contribution in [0.2, 0.25) is 0 Å². The molecule has 1 amide bonds. The van der Waals surface area contributed by atoms with Crippen molar-refractivity contribution >= 4 is 23.4 Å². The summed E-state index contributed by atoms with van der Waals surface area (Å²) in [6.45, 7) is 7.11. The molecule has 24 heavy (non-hydrogen) atoms. The molecule has 0 bridgehead atoms. The highest BCUT2D eigenvalue weighted by molar-refractivity contribution is 7.99. The Hall–Kier alpha value is -1.82. The van der Waals surface area contributed by atoms with Gasteiger partial charge in [-0.2, -0.15) is 5.10 Å². The lowest BCUT2D eigenvalue weighted by atomic mass is 10.1. The van der Waals surface area contributed by atoms with Gasteiger partial charge in [0.15, 0.2) is 5.69 Å². The SMILES string of the molecule is CC(C)(C)n1nc(C(=O)N2CCSc3ncccc32)cc1C1CC1. The van der Waals surface area contributed by atoms with Crippen molar-refractivity contribution in [3.05, 3.63) is 35.8 Å². The third kappa shape index (κ3) is 2.73. The van der Waals surface area contributed by atoms with Crippen LogP contribution in [-0.4, -0.2) is 33.0 Å². The van der Waals surface area contributed by atoms with Crippen molar-refractivity contribution in [2.45, 2.75) is 50.1 Å². The van der Waals surface area contributed by atoms with E-state index in [1.165, 1.54) is 18.5 Å². The maximum absolute atomic E-state index is 13.1. The molecular formula is C18H22N4OS. The smallest absolute Gasteiger partial charge is 0.278 e. The molecular weight excluding hydrogens is 320 g/mol. The first-order valence-electron chi connectivity index (χ1n) is 8.45. The third-order valence-electron chi connectivity index (χ3n) is 4.43. The standard InChI is InChI=1S/C18H22N4OS/c1-18(2,3)22-15(12-6-7-12)11-13(20-22)17(23)21-9-10-24-16-14(21)5-4-8-19-16/h4-5,8,11-12H,6-7,9-10H2,1-3H3. The molecule has 5 nitrogen and oxygen atoms in total. The Kier molecular flexibility index (Phi) is 3.67. The van der Waals surface area contributed by atoms with Gasteiger partial charge in [0.1, 0.15) is 5.03 Å². The quantitative estimate of drug-likeness (QED) is 0.836. The fraction of sp³-hybridized carbons (Fsp3) is 0.500. The largest absolute Gasteiger partial charge is 0.303 e. The lowest BCUT2D eigenvalue weighted by molar-refractivity contribution is 0.0981. The first kappa shape index (κ1) is 15.7. The van der Waals surface area contributed by atoms with E-state index >= 15 is 0 Å². The van der Waals surface area contributed by atoms with Crippen LogP contribution < -0.4 is 4.90 Å². The zero-order chi connectivity index (χ0) is 16.9. The second-order valence-corrected chi connectivity index (χ2v) is 8.53. The van der Waals surface area contributed by atoms with Gasteiger partial charge >= 0.3 is 0 Å². The number of amides is 1. The lowest BCUT2D eigenvalue weighted by Crippen LogP contribution is -2.36. The predicted octanol–water partition coefficient (Wildman–Crippen LogP) is 3.66. The van der Waals surface area contributed by atoms with E-state index in [1.54, 1.807) is 18.0 Å². The Morgan fingerprint density at radius 2 is 2.12 bits per heavy atom. The molecule has 6 heteroatoms. The molecule has 2 aromatic rings. The van der Waals surface area contributed by atoms with Gasteiger partial charge in [0.25, 0.3) is 5.91 Å². The number of thioether (sulfide) groups is 1. The van der Waals surface area contributed by atoms with Gasteiger partial charge in [0, 0.05) is 30.1 Å². The normalized spacial score (nSPS) is 17.7. The van der Waals surface area contributed by atoms with Gasteiger partial charge in [-0.05, 0) is 51.8 Å². The van der Waals surface area contributed by atoms with E-state index in [9.17, 15) is 4.79 Å². The molecule has 1 aliphatic heterocycles. The summed E-state index contributed by atoms with van der Waals surface area (Å²) in [5.74, 6) is 1.41. The van der Waals surface area contributed by atoms with Crippen LogP contribution in [0.3, 0.4) is 0 Å². The van der Waals surface area contributed by atoms with Crippen molar-refractivity contribution in [3.8, 4) is 0 Å². The molecule has 126 valence electrons. The first-order chi connectivity index (χ1) is 11.4. The maximum atomic E-state index is 13.1. The molecule has 0 radical (unpaired) electrons. The molecule has 4 rings (SSSR count). The minimum atomic E-state index is -0.117. The van der Waals surface area contributed by atoms with Gasteiger partial charge in [-0.1, -0.05) is 0 Å². The van der Waals surface area contributed by atoms with Gasteiger partial charge in [-0.15, -0.1) is 11.8 Å². The first-order valence-corrected chi connectivity index (χ1v) is 9.44. The van der Waals surface area contributed by atoms with Crippen LogP contribution in [0.4, 0.5) is 5.69 Å². The molecule has 2 aliphatic rings. The van der Waals surface area contributed by atoms with E-state index in [2.05, 4.69) is 30.9 Å². The molecule has 1 aliphatic carbocycles. The number of carbonyl (C=O) groups excluding carboxylic acids is 1. The number of fused-ring (bicyclic) bond motifs is 1. The minimum absolute atomic E-state index is 0.0190. The Labute approximate surface area is 146 Å². The molecule has 0 atom stereocenters. The number of anilines is 1. The summed E-state index contributed by atoms with van der Waals surface area (Å²) in [7, 11) is 0. The molecule has 0 N–H and O–H groups in total. The fourth-order valence-corrected chi connectivity index (χ4v) is 4.04. The summed E-state index contributed by atoms with van der Waals surface area (Å²) in [5.41, 5.74) is 2.53. The Morgan fingerprint density at radius 3 is 2.83 bits per heavy atom. The van der Waals surface area contributed by atoms with E-state index in [1.807, 2.05) is 27.8 Å². The molecule has 0 unspecified atom stereocenters. The topological polar surface area (TPSA) is 51.0 Å². The average Bonchev–Trinajstić information content (AvgIpc) is 3.30. The van der Waals surface area contributed by atoms with E-state index < -0.39 is 0 Å². The molecule has 0 spiro atoms. The number of pyridine rings is 1. The highest BCUT2D eigenvalue weighted by Gasteiger charge is 2.34. The third-order valence-corrected chi connectivity index (χ3v) is 5.40. The van der Waals surface area contributed by atoms with Crippen LogP contribution >= 0.6 is 11.8 Å². The van der Waals surface area contributed by atoms with Crippen LogP contribution in [-0.2, 0) is 5.54 Å². The van der Waals surface area contributed by atoms with Crippen LogP contribution in [0.25, 0.3) is 0 Å². The molecule has 0 aromatic carbocycles. The van der Waals surface area contributed by atoms with Gasteiger partial charge < -0.3 is 4.90 Å². The van der Waals surface area contributed by atoms with E-state index in [0.717, 1.165) is 16.5 Å². The number of carbonyl (C=O) groups is 1. The van der Waals surface area contributed by atoms with Crippen LogP contribution in [0, 0.1) is 0 Å². The van der Waals surface area contributed by atoms with Gasteiger partial charge in [-0.3, -0.25) is 9.48 Å². The Morgan fingerprint density at radius 1 is 1.33 bits per heavy atom. The van der Waals surface area contributed by atoms with Crippen molar-refractivity contribution < 1.29 is 4.79 Å². The van der Waals surface area contributed by atoms with Crippen molar-refractivity contribution in [2.24, 2.45) is 0 Å². The summed E-state index contributed by atoms with van der Waals surface area (Å²) in [5, 5.41) is 5.61. The second kappa shape index (κ2) is 5.62. The zero-order valence-electron chi connectivity index (χ0n) is 14.3.